The van der Waals surface area contributed by atoms with Crippen molar-refractivity contribution < 1.29 is 13.7 Å². The zero-order valence-electron chi connectivity index (χ0n) is 11.6. The fraction of sp³-hybridized carbons (Fsp3) is 0.692. The minimum atomic E-state index is -0.962. The molecule has 0 saturated heterocycles. The molecule has 1 fully saturated rings. The summed E-state index contributed by atoms with van der Waals surface area (Å²) in [6.07, 6.45) is 2.33. The van der Waals surface area contributed by atoms with Crippen molar-refractivity contribution in [2.45, 2.75) is 31.9 Å². The summed E-state index contributed by atoms with van der Waals surface area (Å²) in [5.41, 5.74) is 1.83. The van der Waals surface area contributed by atoms with Gasteiger partial charge in [0.2, 0.25) is 0 Å². The molecule has 0 aromatic carbocycles. The summed E-state index contributed by atoms with van der Waals surface area (Å²) in [5.74, 6) is 0.873. The molecule has 0 aliphatic heterocycles. The third-order valence-corrected chi connectivity index (χ3v) is 5.13. The number of hydrogen-bond donors (Lipinski definition) is 0. The van der Waals surface area contributed by atoms with Gasteiger partial charge in [0.1, 0.15) is 0 Å². The monoisotopic (exact) mass is 284 g/mol. The van der Waals surface area contributed by atoms with Gasteiger partial charge in [-0.1, -0.05) is 0 Å². The van der Waals surface area contributed by atoms with Gasteiger partial charge >= 0.3 is 5.97 Å². The summed E-state index contributed by atoms with van der Waals surface area (Å²) in [5, 5.41) is 4.25. The fourth-order valence-corrected chi connectivity index (χ4v) is 4.06. The van der Waals surface area contributed by atoms with Crippen LogP contribution in [0.25, 0.3) is 0 Å². The quantitative estimate of drug-likeness (QED) is 0.739. The molecule has 0 amide bonds. The van der Waals surface area contributed by atoms with E-state index in [1.807, 2.05) is 20.0 Å². The normalized spacial score (nSPS) is 18.1. The molecule has 19 heavy (non-hydrogen) atoms. The average molecular weight is 284 g/mol. The van der Waals surface area contributed by atoms with Crippen LogP contribution in [0.4, 0.5) is 0 Å². The van der Waals surface area contributed by atoms with E-state index in [0.717, 1.165) is 24.2 Å². The standard InChI is InChI=1S/C13H20N2O3S/c1-10-6-11(15(2)14-10)8-19(17)9-13(4-5-13)7-12(16)18-3/h6H,4-5,7-9H2,1-3H3. The predicted molar refractivity (Wildman–Crippen MR) is 73.0 cm³/mol. The summed E-state index contributed by atoms with van der Waals surface area (Å²) in [6.45, 7) is 1.92. The molecule has 1 heterocycles. The summed E-state index contributed by atoms with van der Waals surface area (Å²) >= 11 is 0. The fourth-order valence-electron chi connectivity index (χ4n) is 2.28. The van der Waals surface area contributed by atoms with Crippen LogP contribution in [0.3, 0.4) is 0 Å². The maximum atomic E-state index is 12.2. The third-order valence-electron chi connectivity index (χ3n) is 3.58. The first-order valence-corrected chi connectivity index (χ1v) is 7.84. The second-order valence-electron chi connectivity index (χ2n) is 5.38. The van der Waals surface area contributed by atoms with Crippen LogP contribution < -0.4 is 0 Å². The van der Waals surface area contributed by atoms with E-state index in [9.17, 15) is 9.00 Å². The molecule has 1 aromatic heterocycles. The second-order valence-corrected chi connectivity index (χ2v) is 6.84. The van der Waals surface area contributed by atoms with Gasteiger partial charge in [-0.15, -0.1) is 0 Å². The minimum absolute atomic E-state index is 0.0778. The Kier molecular flexibility index (Phi) is 4.08. The number of aromatic nitrogens is 2. The van der Waals surface area contributed by atoms with Crippen molar-refractivity contribution in [3.63, 3.8) is 0 Å². The minimum Gasteiger partial charge on any atom is -0.469 e. The van der Waals surface area contributed by atoms with Crippen molar-refractivity contribution in [3.05, 3.63) is 17.5 Å². The van der Waals surface area contributed by atoms with Gasteiger partial charge in [-0.05, 0) is 31.2 Å². The summed E-state index contributed by atoms with van der Waals surface area (Å²) in [7, 11) is 2.30. The Morgan fingerprint density at radius 2 is 2.26 bits per heavy atom. The van der Waals surface area contributed by atoms with Crippen LogP contribution >= 0.6 is 0 Å². The highest BCUT2D eigenvalue weighted by molar-refractivity contribution is 7.84. The molecule has 0 spiro atoms. The predicted octanol–water partition coefficient (Wildman–Crippen LogP) is 1.32. The zero-order chi connectivity index (χ0) is 14.0. The van der Waals surface area contributed by atoms with Gasteiger partial charge in [0, 0.05) is 23.6 Å². The molecule has 0 bridgehead atoms. The van der Waals surface area contributed by atoms with Crippen LogP contribution in [0.2, 0.25) is 0 Å². The second kappa shape index (κ2) is 5.45. The van der Waals surface area contributed by atoms with E-state index in [1.165, 1.54) is 7.11 Å². The largest absolute Gasteiger partial charge is 0.469 e. The van der Waals surface area contributed by atoms with Crippen LogP contribution in [0.5, 0.6) is 0 Å². The van der Waals surface area contributed by atoms with Crippen LogP contribution in [0, 0.1) is 12.3 Å². The molecule has 1 aromatic rings. The van der Waals surface area contributed by atoms with Gasteiger partial charge in [-0.3, -0.25) is 13.7 Å². The van der Waals surface area contributed by atoms with E-state index >= 15 is 0 Å². The molecule has 1 saturated carbocycles. The number of esters is 1. The van der Waals surface area contributed by atoms with Crippen molar-refractivity contribution >= 4 is 16.8 Å². The highest BCUT2D eigenvalue weighted by Crippen LogP contribution is 2.49. The van der Waals surface area contributed by atoms with Crippen molar-refractivity contribution in [1.82, 2.24) is 9.78 Å². The number of carbonyl (C=O) groups excluding carboxylic acids is 1. The molecular formula is C13H20N2O3S. The van der Waals surface area contributed by atoms with Crippen molar-refractivity contribution in [3.8, 4) is 0 Å². The number of rotatable bonds is 6. The van der Waals surface area contributed by atoms with Crippen LogP contribution in [0.15, 0.2) is 6.07 Å². The van der Waals surface area contributed by atoms with E-state index in [0.29, 0.717) is 17.9 Å². The molecular weight excluding hydrogens is 264 g/mol. The summed E-state index contributed by atoms with van der Waals surface area (Å²) in [6, 6.07) is 1.96. The lowest BCUT2D eigenvalue weighted by molar-refractivity contribution is -0.141. The molecule has 1 atom stereocenters. The van der Waals surface area contributed by atoms with E-state index in [1.54, 1.807) is 4.68 Å². The first kappa shape index (κ1) is 14.2. The van der Waals surface area contributed by atoms with Gasteiger partial charge in [-0.25, -0.2) is 0 Å². The van der Waals surface area contributed by atoms with E-state index < -0.39 is 10.8 Å². The summed E-state index contributed by atoms with van der Waals surface area (Å²) in [4.78, 5) is 11.3. The number of nitrogens with zero attached hydrogens (tertiary/aromatic N) is 2. The highest BCUT2D eigenvalue weighted by atomic mass is 32.2. The maximum Gasteiger partial charge on any atom is 0.306 e. The lowest BCUT2D eigenvalue weighted by Crippen LogP contribution is -2.19. The lowest BCUT2D eigenvalue weighted by Gasteiger charge is -2.13. The number of aryl methyl sites for hydroxylation is 2. The number of methoxy groups -OCH3 is 1. The molecule has 5 nitrogen and oxygen atoms in total. The zero-order valence-corrected chi connectivity index (χ0v) is 12.5. The average Bonchev–Trinajstić information content (AvgIpc) is 2.99. The topological polar surface area (TPSA) is 61.2 Å². The van der Waals surface area contributed by atoms with Crippen LogP contribution in [-0.2, 0) is 33.1 Å². The van der Waals surface area contributed by atoms with Crippen LogP contribution in [0.1, 0.15) is 30.7 Å². The molecule has 106 valence electrons. The van der Waals surface area contributed by atoms with Gasteiger partial charge in [0.15, 0.2) is 0 Å². The molecule has 1 aliphatic carbocycles. The van der Waals surface area contributed by atoms with Crippen molar-refractivity contribution in [2.24, 2.45) is 12.5 Å². The Hall–Kier alpha value is -1.17. The Morgan fingerprint density at radius 1 is 1.58 bits per heavy atom. The van der Waals surface area contributed by atoms with Crippen LogP contribution in [-0.4, -0.2) is 32.8 Å². The smallest absolute Gasteiger partial charge is 0.306 e. The number of ether oxygens (including phenoxy) is 1. The third kappa shape index (κ3) is 3.65. The van der Waals surface area contributed by atoms with E-state index in [-0.39, 0.29) is 11.4 Å². The molecule has 6 heteroatoms. The molecule has 2 rings (SSSR count). The Morgan fingerprint density at radius 3 is 2.74 bits per heavy atom. The van der Waals surface area contributed by atoms with E-state index in [4.69, 9.17) is 4.74 Å². The SMILES string of the molecule is COC(=O)CC1(CS(=O)Cc2cc(C)nn2C)CC1. The van der Waals surface area contributed by atoms with Crippen molar-refractivity contribution in [2.75, 3.05) is 12.9 Å². The number of hydrogen-bond acceptors (Lipinski definition) is 4. The molecule has 1 unspecified atom stereocenters. The Bertz CT molecular complexity index is 506. The highest BCUT2D eigenvalue weighted by Gasteiger charge is 2.45. The number of carbonyl (C=O) groups is 1. The van der Waals surface area contributed by atoms with Gasteiger partial charge in [0.05, 0.1) is 30.7 Å². The molecule has 1 aliphatic rings. The van der Waals surface area contributed by atoms with Crippen molar-refractivity contribution in [1.29, 1.82) is 0 Å². The lowest BCUT2D eigenvalue weighted by atomic mass is 10.1. The van der Waals surface area contributed by atoms with Gasteiger partial charge in [0.25, 0.3) is 0 Å². The van der Waals surface area contributed by atoms with Gasteiger partial charge in [-0.2, -0.15) is 5.10 Å². The molecule has 0 radical (unpaired) electrons. The summed E-state index contributed by atoms with van der Waals surface area (Å²) < 4.78 is 18.7. The Balaban J connectivity index is 1.91. The van der Waals surface area contributed by atoms with E-state index in [2.05, 4.69) is 5.10 Å². The molecule has 0 N–H and O–H groups in total. The Labute approximate surface area is 115 Å². The van der Waals surface area contributed by atoms with Gasteiger partial charge < -0.3 is 4.74 Å². The first-order chi connectivity index (χ1) is 8.94. The first-order valence-electron chi connectivity index (χ1n) is 6.35. The maximum absolute atomic E-state index is 12.2.